The molecule has 1 heterocycles. The third-order valence-electron chi connectivity index (χ3n) is 4.33. The molecule has 0 saturated heterocycles. The van der Waals surface area contributed by atoms with Crippen LogP contribution in [0.3, 0.4) is 0 Å². The van der Waals surface area contributed by atoms with Gasteiger partial charge in [0, 0.05) is 36.1 Å². The van der Waals surface area contributed by atoms with Gasteiger partial charge in [-0.1, -0.05) is 42.5 Å². The highest BCUT2D eigenvalue weighted by Crippen LogP contribution is 2.19. The Balaban J connectivity index is 1.69. The summed E-state index contributed by atoms with van der Waals surface area (Å²) in [6.07, 6.45) is 4.95. The van der Waals surface area contributed by atoms with Gasteiger partial charge in [0.2, 0.25) is 5.91 Å². The molecule has 1 aromatic heterocycles. The second kappa shape index (κ2) is 8.33. The molecule has 6 heteroatoms. The van der Waals surface area contributed by atoms with E-state index in [1.807, 2.05) is 48.5 Å². The molecule has 0 saturated carbocycles. The number of fused-ring (bicyclic) bond motifs is 1. The number of H-pyrrole nitrogens is 1. The maximum Gasteiger partial charge on any atom is 0.326 e. The van der Waals surface area contributed by atoms with Gasteiger partial charge in [0.05, 0.1) is 0 Å². The standard InChI is InChI=1S/C21H21N3O3/c22-12-15-5-3-4-14(10-15)8-9-20(25)24-19(21(26)27)11-16-13-23-18-7-2-1-6-17(16)18/h1-10,13,19,23H,11-12,22H2,(H,24,25)(H,26,27)/t19-/m0/s1. The number of aromatic amines is 1. The van der Waals surface area contributed by atoms with Crippen LogP contribution in [0.2, 0.25) is 0 Å². The third-order valence-corrected chi connectivity index (χ3v) is 4.33. The van der Waals surface area contributed by atoms with Crippen LogP contribution in [0.1, 0.15) is 16.7 Å². The van der Waals surface area contributed by atoms with E-state index in [1.54, 1.807) is 12.3 Å². The zero-order valence-corrected chi connectivity index (χ0v) is 14.7. The quantitative estimate of drug-likeness (QED) is 0.484. The normalized spacial score (nSPS) is 12.3. The number of nitrogens with two attached hydrogens (primary N) is 1. The number of carbonyl (C=O) groups excluding carboxylic acids is 1. The number of rotatable bonds is 7. The number of benzene rings is 2. The summed E-state index contributed by atoms with van der Waals surface area (Å²) in [6.45, 7) is 0.416. The van der Waals surface area contributed by atoms with E-state index < -0.39 is 17.9 Å². The van der Waals surface area contributed by atoms with Crippen LogP contribution in [-0.4, -0.2) is 28.0 Å². The van der Waals surface area contributed by atoms with Crippen LogP contribution in [0.5, 0.6) is 0 Å². The second-order valence-corrected chi connectivity index (χ2v) is 6.25. The Labute approximate surface area is 156 Å². The molecular formula is C21H21N3O3. The molecule has 0 aliphatic rings. The highest BCUT2D eigenvalue weighted by atomic mass is 16.4. The lowest BCUT2D eigenvalue weighted by Gasteiger charge is -2.13. The monoisotopic (exact) mass is 363 g/mol. The molecule has 6 nitrogen and oxygen atoms in total. The SMILES string of the molecule is NCc1cccc(C=CC(=O)N[C@@H](Cc2c[nH]c3ccccc23)C(=O)O)c1. The van der Waals surface area contributed by atoms with Gasteiger partial charge in [-0.3, -0.25) is 4.79 Å². The highest BCUT2D eigenvalue weighted by molar-refractivity contribution is 5.94. The van der Waals surface area contributed by atoms with Crippen molar-refractivity contribution in [1.82, 2.24) is 10.3 Å². The molecule has 2 aromatic carbocycles. The van der Waals surface area contributed by atoms with Gasteiger partial charge >= 0.3 is 5.97 Å². The first-order valence-electron chi connectivity index (χ1n) is 8.62. The van der Waals surface area contributed by atoms with E-state index in [4.69, 9.17) is 5.73 Å². The smallest absolute Gasteiger partial charge is 0.326 e. The molecule has 0 spiro atoms. The zero-order valence-electron chi connectivity index (χ0n) is 14.7. The number of hydrogen-bond acceptors (Lipinski definition) is 3. The van der Waals surface area contributed by atoms with Crippen LogP contribution < -0.4 is 11.1 Å². The van der Waals surface area contributed by atoms with E-state index in [9.17, 15) is 14.7 Å². The molecule has 0 aliphatic carbocycles. The number of carboxylic acids is 1. The Bertz CT molecular complexity index is 991. The van der Waals surface area contributed by atoms with Crippen LogP contribution >= 0.6 is 0 Å². The van der Waals surface area contributed by atoms with Gasteiger partial charge in [-0.15, -0.1) is 0 Å². The van der Waals surface area contributed by atoms with Crippen LogP contribution in [0.4, 0.5) is 0 Å². The van der Waals surface area contributed by atoms with Crippen molar-refractivity contribution in [3.8, 4) is 0 Å². The Hall–Kier alpha value is -3.38. The van der Waals surface area contributed by atoms with Crippen LogP contribution in [-0.2, 0) is 22.6 Å². The molecule has 5 N–H and O–H groups in total. The average molecular weight is 363 g/mol. The second-order valence-electron chi connectivity index (χ2n) is 6.25. The van der Waals surface area contributed by atoms with Crippen molar-refractivity contribution in [3.63, 3.8) is 0 Å². The fourth-order valence-corrected chi connectivity index (χ4v) is 2.94. The Morgan fingerprint density at radius 3 is 2.78 bits per heavy atom. The Morgan fingerprint density at radius 2 is 2.00 bits per heavy atom. The Morgan fingerprint density at radius 1 is 1.19 bits per heavy atom. The van der Waals surface area contributed by atoms with Crippen LogP contribution in [0, 0.1) is 0 Å². The van der Waals surface area contributed by atoms with Gasteiger partial charge in [0.15, 0.2) is 0 Å². The molecule has 1 amide bonds. The lowest BCUT2D eigenvalue weighted by atomic mass is 10.0. The lowest BCUT2D eigenvalue weighted by Crippen LogP contribution is -2.41. The van der Waals surface area contributed by atoms with Crippen molar-refractivity contribution in [2.24, 2.45) is 5.73 Å². The topological polar surface area (TPSA) is 108 Å². The highest BCUT2D eigenvalue weighted by Gasteiger charge is 2.21. The Kier molecular flexibility index (Phi) is 5.68. The van der Waals surface area contributed by atoms with Crippen molar-refractivity contribution in [2.75, 3.05) is 0 Å². The summed E-state index contributed by atoms with van der Waals surface area (Å²) in [5.74, 6) is -1.53. The number of aromatic nitrogens is 1. The summed E-state index contributed by atoms with van der Waals surface area (Å²) < 4.78 is 0. The van der Waals surface area contributed by atoms with Crippen molar-refractivity contribution in [3.05, 3.63) is 77.5 Å². The minimum Gasteiger partial charge on any atom is -0.480 e. The van der Waals surface area contributed by atoms with Crippen LogP contribution in [0.15, 0.2) is 60.8 Å². The van der Waals surface area contributed by atoms with Crippen molar-refractivity contribution >= 4 is 28.9 Å². The number of nitrogens with one attached hydrogen (secondary N) is 2. The zero-order chi connectivity index (χ0) is 19.2. The third kappa shape index (κ3) is 4.62. The van der Waals surface area contributed by atoms with Crippen molar-refractivity contribution in [1.29, 1.82) is 0 Å². The van der Waals surface area contributed by atoms with E-state index in [0.717, 1.165) is 27.6 Å². The predicted octanol–water partition coefficient (Wildman–Crippen LogP) is 2.45. The molecule has 138 valence electrons. The molecule has 3 rings (SSSR count). The van der Waals surface area contributed by atoms with Gasteiger partial charge < -0.3 is 21.1 Å². The molecular weight excluding hydrogens is 342 g/mol. The minimum absolute atomic E-state index is 0.196. The number of amides is 1. The predicted molar refractivity (Wildman–Crippen MR) is 105 cm³/mol. The van der Waals surface area contributed by atoms with Gasteiger partial charge in [0.25, 0.3) is 0 Å². The first-order chi connectivity index (χ1) is 13.1. The summed E-state index contributed by atoms with van der Waals surface area (Å²) in [4.78, 5) is 26.9. The summed E-state index contributed by atoms with van der Waals surface area (Å²) in [5.41, 5.74) is 9.17. The largest absolute Gasteiger partial charge is 0.480 e. The first-order valence-corrected chi connectivity index (χ1v) is 8.62. The molecule has 0 aliphatic heterocycles. The van der Waals surface area contributed by atoms with E-state index in [1.165, 1.54) is 6.08 Å². The molecule has 0 bridgehead atoms. The van der Waals surface area contributed by atoms with Gasteiger partial charge in [-0.25, -0.2) is 4.79 Å². The molecule has 1 atom stereocenters. The maximum absolute atomic E-state index is 12.2. The number of carboxylic acid groups (broad SMARTS) is 1. The number of hydrogen-bond donors (Lipinski definition) is 4. The number of carbonyl (C=O) groups is 2. The van der Waals surface area contributed by atoms with Gasteiger partial charge in [-0.2, -0.15) is 0 Å². The summed E-state index contributed by atoms with van der Waals surface area (Å²) in [7, 11) is 0. The van der Waals surface area contributed by atoms with E-state index >= 15 is 0 Å². The van der Waals surface area contributed by atoms with Crippen molar-refractivity contribution in [2.45, 2.75) is 19.0 Å². The number of aliphatic carboxylic acids is 1. The maximum atomic E-state index is 12.2. The fourth-order valence-electron chi connectivity index (χ4n) is 2.94. The molecule has 3 aromatic rings. The molecule has 0 radical (unpaired) electrons. The summed E-state index contributed by atoms with van der Waals surface area (Å²) >= 11 is 0. The lowest BCUT2D eigenvalue weighted by molar-refractivity contribution is -0.141. The number of para-hydroxylation sites is 1. The average Bonchev–Trinajstić information content (AvgIpc) is 3.09. The van der Waals surface area contributed by atoms with E-state index in [2.05, 4.69) is 10.3 Å². The molecule has 0 unspecified atom stereocenters. The van der Waals surface area contributed by atoms with E-state index in [0.29, 0.717) is 6.54 Å². The minimum atomic E-state index is -1.08. The molecule has 27 heavy (non-hydrogen) atoms. The van der Waals surface area contributed by atoms with Gasteiger partial charge in [0.1, 0.15) is 6.04 Å². The van der Waals surface area contributed by atoms with Gasteiger partial charge in [-0.05, 0) is 28.8 Å². The van der Waals surface area contributed by atoms with Crippen molar-refractivity contribution < 1.29 is 14.7 Å². The molecule has 0 fully saturated rings. The first kappa shape index (κ1) is 18.4. The summed E-state index contributed by atoms with van der Waals surface area (Å²) in [5, 5.41) is 13.0. The fraction of sp³-hybridized carbons (Fsp3) is 0.143. The summed E-state index contributed by atoms with van der Waals surface area (Å²) in [6, 6.07) is 14.1. The van der Waals surface area contributed by atoms with Crippen LogP contribution in [0.25, 0.3) is 17.0 Å². The van der Waals surface area contributed by atoms with E-state index in [-0.39, 0.29) is 6.42 Å².